The first kappa shape index (κ1) is 10.2. The van der Waals surface area contributed by atoms with Gasteiger partial charge in [0.2, 0.25) is 12.4 Å². The number of pyridine rings is 1. The first-order chi connectivity index (χ1) is 4.79. The van der Waals surface area contributed by atoms with Gasteiger partial charge in [0.15, 0.2) is 0 Å². The lowest BCUT2D eigenvalue weighted by Crippen LogP contribution is -3.00. The van der Waals surface area contributed by atoms with Gasteiger partial charge in [-0.3, -0.25) is 0 Å². The van der Waals surface area contributed by atoms with Crippen LogP contribution < -0.4 is 21.4 Å². The summed E-state index contributed by atoms with van der Waals surface area (Å²) >= 11 is 0. The maximum absolute atomic E-state index is 9.96. The van der Waals surface area contributed by atoms with Gasteiger partial charge in [-0.05, 0) is 0 Å². The van der Waals surface area contributed by atoms with Crippen molar-refractivity contribution in [2.75, 3.05) is 0 Å². The van der Waals surface area contributed by atoms with Gasteiger partial charge in [0.05, 0.1) is 0 Å². The van der Waals surface area contributed by atoms with Crippen LogP contribution >= 0.6 is 0 Å². The van der Waals surface area contributed by atoms with Gasteiger partial charge in [0, 0.05) is 16.9 Å². The van der Waals surface area contributed by atoms with E-state index in [2.05, 4.69) is 4.28 Å². The Morgan fingerprint density at radius 2 is 1.64 bits per heavy atom. The van der Waals surface area contributed by atoms with E-state index in [4.69, 9.17) is 0 Å². The number of thiol groups is 1. The second-order valence-electron chi connectivity index (χ2n) is 1.54. The van der Waals surface area contributed by atoms with E-state index in [-0.39, 0.29) is 12.4 Å². The Hall–Kier alpha value is -0.810. The minimum absolute atomic E-state index is 0. The van der Waals surface area contributed by atoms with Crippen LogP contribution in [0.2, 0.25) is 0 Å². The Balaban J connectivity index is 0.000001000. The summed E-state index contributed by atoms with van der Waals surface area (Å²) in [5.74, 6) is 0. The molecule has 1 aromatic heterocycles. The largest absolute Gasteiger partial charge is 1.00 e. The molecular formula is C5H6ClNO3S. The summed E-state index contributed by atoms with van der Waals surface area (Å²) < 4.78 is 25.3. The topological polar surface area (TPSA) is 47.3 Å². The molecule has 1 aromatic rings. The van der Waals surface area contributed by atoms with Crippen LogP contribution in [0.15, 0.2) is 30.6 Å². The molecule has 0 N–H and O–H groups in total. The molecule has 0 bridgehead atoms. The smallest absolute Gasteiger partial charge is 0.358 e. The van der Waals surface area contributed by atoms with Crippen molar-refractivity contribution < 1.29 is 29.8 Å². The Morgan fingerprint density at radius 3 is 2.09 bits per heavy atom. The van der Waals surface area contributed by atoms with Crippen LogP contribution in [-0.2, 0) is 11.0 Å². The molecule has 1 heterocycles. The molecule has 0 atom stereocenters. The van der Waals surface area contributed by atoms with Crippen LogP contribution in [0.25, 0.3) is 0 Å². The summed E-state index contributed by atoms with van der Waals surface area (Å²) in [5.41, 5.74) is 0. The number of rotatable bonds is 2. The summed E-state index contributed by atoms with van der Waals surface area (Å²) in [4.78, 5) is 0. The van der Waals surface area contributed by atoms with Gasteiger partial charge in [0.25, 0.3) is 0 Å². The van der Waals surface area contributed by atoms with Gasteiger partial charge in [0.1, 0.15) is 0 Å². The Labute approximate surface area is 71.9 Å². The third kappa shape index (κ3) is 3.79. The SMILES string of the molecule is O=[SH](=O)O[n+]1ccccc1.[Cl-]. The zero-order valence-corrected chi connectivity index (χ0v) is 7.03. The number of aromatic nitrogens is 1. The molecule has 1 rings (SSSR count). The molecule has 11 heavy (non-hydrogen) atoms. The zero-order valence-electron chi connectivity index (χ0n) is 5.38. The molecule has 0 spiro atoms. The molecule has 0 saturated heterocycles. The monoisotopic (exact) mass is 195 g/mol. The molecule has 0 saturated carbocycles. The van der Waals surface area contributed by atoms with E-state index in [1.54, 1.807) is 18.2 Å². The highest BCUT2D eigenvalue weighted by molar-refractivity contribution is 7.67. The lowest BCUT2D eigenvalue weighted by molar-refractivity contribution is -0.855. The fraction of sp³-hybridized carbons (Fsp3) is 0. The van der Waals surface area contributed by atoms with E-state index in [0.29, 0.717) is 0 Å². The van der Waals surface area contributed by atoms with Crippen molar-refractivity contribution in [3.8, 4) is 0 Å². The quantitative estimate of drug-likeness (QED) is 0.386. The van der Waals surface area contributed by atoms with Gasteiger partial charge >= 0.3 is 11.0 Å². The number of halogens is 1. The van der Waals surface area contributed by atoms with E-state index in [0.717, 1.165) is 4.73 Å². The van der Waals surface area contributed by atoms with E-state index >= 15 is 0 Å². The van der Waals surface area contributed by atoms with E-state index < -0.39 is 11.0 Å². The normalized spacial score (nSPS) is 8.82. The van der Waals surface area contributed by atoms with Gasteiger partial charge in [-0.15, -0.1) is 4.28 Å². The van der Waals surface area contributed by atoms with Gasteiger partial charge in [-0.1, -0.05) is 6.07 Å². The maximum Gasteiger partial charge on any atom is 0.358 e. The second kappa shape index (κ2) is 4.92. The first-order valence-corrected chi connectivity index (χ1v) is 3.68. The van der Waals surface area contributed by atoms with Crippen molar-refractivity contribution in [1.82, 2.24) is 0 Å². The highest BCUT2D eigenvalue weighted by Gasteiger charge is 1.96. The van der Waals surface area contributed by atoms with Crippen molar-refractivity contribution in [3.05, 3.63) is 30.6 Å². The third-order valence-electron chi connectivity index (χ3n) is 0.849. The molecule has 0 amide bonds. The number of hydrogen-bond donors (Lipinski definition) is 1. The van der Waals surface area contributed by atoms with Crippen molar-refractivity contribution in [2.45, 2.75) is 0 Å². The molecule has 0 aliphatic heterocycles. The van der Waals surface area contributed by atoms with Crippen LogP contribution in [0.5, 0.6) is 0 Å². The van der Waals surface area contributed by atoms with Crippen LogP contribution in [0.3, 0.4) is 0 Å². The molecular weight excluding hydrogens is 190 g/mol. The zero-order chi connectivity index (χ0) is 7.40. The minimum Gasteiger partial charge on any atom is -1.00 e. The summed E-state index contributed by atoms with van der Waals surface area (Å²) in [6, 6.07) is 5.09. The van der Waals surface area contributed by atoms with Gasteiger partial charge < -0.3 is 12.4 Å². The minimum atomic E-state index is -2.81. The molecule has 0 aromatic carbocycles. The Morgan fingerprint density at radius 1 is 1.09 bits per heavy atom. The lowest BCUT2D eigenvalue weighted by atomic mass is 10.5. The first-order valence-electron chi connectivity index (χ1n) is 2.58. The van der Waals surface area contributed by atoms with Crippen molar-refractivity contribution in [1.29, 1.82) is 0 Å². The molecule has 62 valence electrons. The van der Waals surface area contributed by atoms with Gasteiger partial charge in [-0.25, -0.2) is 0 Å². The molecule has 6 heteroatoms. The van der Waals surface area contributed by atoms with E-state index in [9.17, 15) is 8.42 Å². The maximum atomic E-state index is 9.96. The average molecular weight is 196 g/mol. The molecule has 0 fully saturated rings. The summed E-state index contributed by atoms with van der Waals surface area (Å²) in [5, 5.41) is 0. The fourth-order valence-electron chi connectivity index (χ4n) is 0.514. The summed E-state index contributed by atoms with van der Waals surface area (Å²) in [7, 11) is -2.81. The Bertz CT molecular complexity index is 266. The Kier molecular flexibility index (Phi) is 4.56. The van der Waals surface area contributed by atoms with Crippen LogP contribution in [0, 0.1) is 0 Å². The molecule has 0 aliphatic carbocycles. The fourth-order valence-corrected chi connectivity index (χ4v) is 0.777. The standard InChI is InChI=1S/C5H6NO3S.ClH/c7-10(8)9-6-4-2-1-3-5-6;/h1-5,10H;1H/q+1;/p-1. The summed E-state index contributed by atoms with van der Waals surface area (Å²) in [6.45, 7) is 0. The molecule has 0 aliphatic rings. The van der Waals surface area contributed by atoms with E-state index in [1.807, 2.05) is 0 Å². The van der Waals surface area contributed by atoms with Crippen LogP contribution in [0.4, 0.5) is 0 Å². The van der Waals surface area contributed by atoms with Gasteiger partial charge in [-0.2, -0.15) is 8.42 Å². The summed E-state index contributed by atoms with van der Waals surface area (Å²) in [6.07, 6.45) is 2.98. The van der Waals surface area contributed by atoms with E-state index in [1.165, 1.54) is 12.4 Å². The second-order valence-corrected chi connectivity index (χ2v) is 2.15. The third-order valence-corrected chi connectivity index (χ3v) is 1.17. The van der Waals surface area contributed by atoms with Crippen molar-refractivity contribution >= 4 is 11.0 Å². The van der Waals surface area contributed by atoms with Crippen molar-refractivity contribution in [3.63, 3.8) is 0 Å². The molecule has 0 unspecified atom stereocenters. The molecule has 4 nitrogen and oxygen atoms in total. The predicted octanol–water partition coefficient (Wildman–Crippen LogP) is -4.07. The van der Waals surface area contributed by atoms with Crippen LogP contribution in [-0.4, -0.2) is 8.42 Å². The average Bonchev–Trinajstić information content (AvgIpc) is 1.88. The number of hydrogen-bond acceptors (Lipinski definition) is 3. The highest BCUT2D eigenvalue weighted by atomic mass is 35.5. The van der Waals surface area contributed by atoms with Crippen molar-refractivity contribution in [2.24, 2.45) is 0 Å². The highest BCUT2D eigenvalue weighted by Crippen LogP contribution is 1.73. The lowest BCUT2D eigenvalue weighted by Gasteiger charge is -1.83. The number of nitrogens with zero attached hydrogens (tertiary/aromatic N) is 1. The predicted molar refractivity (Wildman–Crippen MR) is 33.5 cm³/mol. The molecule has 0 radical (unpaired) electrons. The van der Waals surface area contributed by atoms with Crippen LogP contribution in [0.1, 0.15) is 0 Å².